The van der Waals surface area contributed by atoms with Gasteiger partial charge < -0.3 is 15.8 Å². The molecule has 24 heavy (non-hydrogen) atoms. The number of nitrogens with zero attached hydrogens (tertiary/aromatic N) is 3. The maximum absolute atomic E-state index is 6.21. The monoisotopic (exact) mass is 341 g/mol. The van der Waals surface area contributed by atoms with Crippen LogP contribution in [-0.4, -0.2) is 22.1 Å². The first-order valence-electron chi connectivity index (χ1n) is 7.26. The summed E-state index contributed by atoms with van der Waals surface area (Å²) < 4.78 is 5.31. The standard InChI is InChI=1S/C17H16ClN5O/c1-24-12-6-4-5-11(9-12)15(13-7-2-3-8-20-13)23-17-14(18)16(19)21-10-22-17/h2-10,15H,1H3,(H3,19,21,22,23)/t15-/m0/s1. The molecule has 2 aromatic heterocycles. The second-order valence-electron chi connectivity index (χ2n) is 5.03. The zero-order chi connectivity index (χ0) is 16.9. The van der Waals surface area contributed by atoms with Crippen LogP contribution in [0.15, 0.2) is 55.0 Å². The number of benzene rings is 1. The molecule has 0 radical (unpaired) electrons. The van der Waals surface area contributed by atoms with E-state index < -0.39 is 0 Å². The molecule has 0 saturated carbocycles. The Morgan fingerprint density at radius 3 is 2.75 bits per heavy atom. The first-order chi connectivity index (χ1) is 11.7. The Labute approximate surface area is 144 Å². The van der Waals surface area contributed by atoms with Crippen molar-refractivity contribution >= 4 is 23.2 Å². The third-order valence-electron chi connectivity index (χ3n) is 3.51. The van der Waals surface area contributed by atoms with Crippen LogP contribution in [0.4, 0.5) is 11.6 Å². The van der Waals surface area contributed by atoms with Crippen LogP contribution < -0.4 is 15.8 Å². The van der Waals surface area contributed by atoms with Gasteiger partial charge in [0.2, 0.25) is 0 Å². The Morgan fingerprint density at radius 1 is 1.12 bits per heavy atom. The second-order valence-corrected chi connectivity index (χ2v) is 5.41. The molecule has 0 spiro atoms. The zero-order valence-corrected chi connectivity index (χ0v) is 13.7. The number of aromatic nitrogens is 3. The van der Waals surface area contributed by atoms with Crippen molar-refractivity contribution in [2.75, 3.05) is 18.2 Å². The molecule has 0 fully saturated rings. The first-order valence-corrected chi connectivity index (χ1v) is 7.64. The molecular formula is C17H16ClN5O. The van der Waals surface area contributed by atoms with E-state index in [4.69, 9.17) is 22.1 Å². The van der Waals surface area contributed by atoms with Gasteiger partial charge in [0.05, 0.1) is 18.8 Å². The van der Waals surface area contributed by atoms with Gasteiger partial charge in [0.15, 0.2) is 5.82 Å². The highest BCUT2D eigenvalue weighted by Gasteiger charge is 2.19. The summed E-state index contributed by atoms with van der Waals surface area (Å²) in [5, 5.41) is 3.57. The SMILES string of the molecule is COc1cccc([C@H](Nc2ncnc(N)c2Cl)c2ccccn2)c1. The van der Waals surface area contributed by atoms with Gasteiger partial charge >= 0.3 is 0 Å². The van der Waals surface area contributed by atoms with Crippen molar-refractivity contribution in [3.63, 3.8) is 0 Å². The third kappa shape index (κ3) is 3.38. The number of rotatable bonds is 5. The minimum Gasteiger partial charge on any atom is -0.497 e. The summed E-state index contributed by atoms with van der Waals surface area (Å²) in [6.07, 6.45) is 3.10. The van der Waals surface area contributed by atoms with Gasteiger partial charge in [-0.15, -0.1) is 0 Å². The average molecular weight is 342 g/mol. The number of nitrogens with two attached hydrogens (primary N) is 1. The molecule has 122 valence electrons. The van der Waals surface area contributed by atoms with Crippen molar-refractivity contribution in [2.45, 2.75) is 6.04 Å². The molecule has 1 atom stereocenters. The van der Waals surface area contributed by atoms with E-state index >= 15 is 0 Å². The number of hydrogen-bond donors (Lipinski definition) is 2. The molecule has 3 N–H and O–H groups in total. The highest BCUT2D eigenvalue weighted by atomic mass is 35.5. The van der Waals surface area contributed by atoms with Crippen LogP contribution in [0.3, 0.4) is 0 Å². The largest absolute Gasteiger partial charge is 0.497 e. The third-order valence-corrected chi connectivity index (χ3v) is 3.88. The minimum absolute atomic E-state index is 0.222. The molecule has 0 unspecified atom stereocenters. The fourth-order valence-electron chi connectivity index (χ4n) is 2.32. The maximum atomic E-state index is 6.21. The van der Waals surface area contributed by atoms with Crippen LogP contribution >= 0.6 is 11.6 Å². The number of nitrogen functional groups attached to an aromatic ring is 1. The number of pyridine rings is 1. The van der Waals surface area contributed by atoms with Gasteiger partial charge in [0.25, 0.3) is 0 Å². The van der Waals surface area contributed by atoms with Crippen LogP contribution in [0.25, 0.3) is 0 Å². The summed E-state index contributed by atoms with van der Waals surface area (Å²) in [6, 6.07) is 13.2. The fourth-order valence-corrected chi connectivity index (χ4v) is 2.47. The van der Waals surface area contributed by atoms with Crippen molar-refractivity contribution < 1.29 is 4.74 Å². The number of halogens is 1. The van der Waals surface area contributed by atoms with Gasteiger partial charge in [-0.25, -0.2) is 9.97 Å². The predicted octanol–water partition coefficient (Wildman–Crippen LogP) is 3.32. The topological polar surface area (TPSA) is 86.0 Å². The molecule has 0 bridgehead atoms. The van der Waals surface area contributed by atoms with Crippen LogP contribution in [0, 0.1) is 0 Å². The van der Waals surface area contributed by atoms with Gasteiger partial charge in [-0.3, -0.25) is 4.98 Å². The van der Waals surface area contributed by atoms with Gasteiger partial charge in [-0.2, -0.15) is 0 Å². The van der Waals surface area contributed by atoms with Gasteiger partial charge in [-0.1, -0.05) is 29.8 Å². The highest BCUT2D eigenvalue weighted by molar-refractivity contribution is 6.35. The Kier molecular flexibility index (Phi) is 4.77. The molecule has 0 saturated heterocycles. The van der Waals surface area contributed by atoms with E-state index in [0.717, 1.165) is 17.0 Å². The van der Waals surface area contributed by atoms with E-state index in [2.05, 4.69) is 20.3 Å². The summed E-state index contributed by atoms with van der Waals surface area (Å²) in [4.78, 5) is 12.5. The molecule has 3 aromatic rings. The summed E-state index contributed by atoms with van der Waals surface area (Å²) in [5.41, 5.74) is 7.54. The Morgan fingerprint density at radius 2 is 2.00 bits per heavy atom. The molecule has 3 rings (SSSR count). The summed E-state index contributed by atoms with van der Waals surface area (Å²) in [7, 11) is 1.63. The van der Waals surface area contributed by atoms with E-state index in [9.17, 15) is 0 Å². The van der Waals surface area contributed by atoms with Crippen molar-refractivity contribution in [3.8, 4) is 5.75 Å². The number of anilines is 2. The van der Waals surface area contributed by atoms with Crippen LogP contribution in [-0.2, 0) is 0 Å². The Balaban J connectivity index is 2.04. The van der Waals surface area contributed by atoms with Crippen molar-refractivity contribution in [3.05, 3.63) is 71.3 Å². The molecule has 2 heterocycles. The van der Waals surface area contributed by atoms with Crippen LogP contribution in [0.1, 0.15) is 17.3 Å². The van der Waals surface area contributed by atoms with E-state index in [1.54, 1.807) is 13.3 Å². The van der Waals surface area contributed by atoms with Gasteiger partial charge in [0, 0.05) is 6.20 Å². The van der Waals surface area contributed by atoms with Crippen LogP contribution in [0.2, 0.25) is 5.02 Å². The number of hydrogen-bond acceptors (Lipinski definition) is 6. The lowest BCUT2D eigenvalue weighted by atomic mass is 10.0. The van der Waals surface area contributed by atoms with E-state index in [0.29, 0.717) is 5.82 Å². The van der Waals surface area contributed by atoms with Gasteiger partial charge in [0.1, 0.15) is 22.9 Å². The van der Waals surface area contributed by atoms with Crippen molar-refractivity contribution in [2.24, 2.45) is 0 Å². The molecule has 1 aromatic carbocycles. The lowest BCUT2D eigenvalue weighted by molar-refractivity contribution is 0.414. The van der Waals surface area contributed by atoms with E-state index in [1.807, 2.05) is 42.5 Å². The quantitative estimate of drug-likeness (QED) is 0.740. The lowest BCUT2D eigenvalue weighted by Gasteiger charge is -2.20. The molecule has 6 nitrogen and oxygen atoms in total. The first kappa shape index (κ1) is 16.0. The van der Waals surface area contributed by atoms with Gasteiger partial charge in [-0.05, 0) is 29.8 Å². The number of nitrogens with one attached hydrogen (secondary N) is 1. The van der Waals surface area contributed by atoms with E-state index in [1.165, 1.54) is 6.33 Å². The normalized spacial score (nSPS) is 11.8. The molecule has 7 heteroatoms. The molecule has 0 aliphatic rings. The molecular weight excluding hydrogens is 326 g/mol. The highest BCUT2D eigenvalue weighted by Crippen LogP contribution is 2.31. The Bertz CT molecular complexity index is 828. The predicted molar refractivity (Wildman–Crippen MR) is 94.2 cm³/mol. The number of ether oxygens (including phenoxy) is 1. The molecule has 0 aliphatic heterocycles. The van der Waals surface area contributed by atoms with E-state index in [-0.39, 0.29) is 16.9 Å². The smallest absolute Gasteiger partial charge is 0.151 e. The molecule has 0 aliphatic carbocycles. The minimum atomic E-state index is -0.270. The number of methoxy groups -OCH3 is 1. The fraction of sp³-hybridized carbons (Fsp3) is 0.118. The van der Waals surface area contributed by atoms with Crippen molar-refractivity contribution in [1.82, 2.24) is 15.0 Å². The second kappa shape index (κ2) is 7.14. The molecule has 0 amide bonds. The average Bonchev–Trinajstić information content (AvgIpc) is 2.63. The van der Waals surface area contributed by atoms with Crippen molar-refractivity contribution in [1.29, 1.82) is 0 Å². The Hall–Kier alpha value is -2.86. The summed E-state index contributed by atoms with van der Waals surface area (Å²) in [5.74, 6) is 1.42. The summed E-state index contributed by atoms with van der Waals surface area (Å²) >= 11 is 6.21. The summed E-state index contributed by atoms with van der Waals surface area (Å²) in [6.45, 7) is 0. The zero-order valence-electron chi connectivity index (χ0n) is 13.0. The lowest BCUT2D eigenvalue weighted by Crippen LogP contribution is -2.15. The van der Waals surface area contributed by atoms with Crippen LogP contribution in [0.5, 0.6) is 5.75 Å². The maximum Gasteiger partial charge on any atom is 0.151 e.